The Bertz CT molecular complexity index is 845. The van der Waals surface area contributed by atoms with Gasteiger partial charge in [0.15, 0.2) is 5.69 Å². The summed E-state index contributed by atoms with van der Waals surface area (Å²) < 4.78 is 15.7. The Hall–Kier alpha value is -2.48. The van der Waals surface area contributed by atoms with Crippen LogP contribution in [0.3, 0.4) is 0 Å². The maximum absolute atomic E-state index is 13.8. The molecule has 2 aliphatic rings. The Morgan fingerprint density at radius 1 is 1.33 bits per heavy atom. The minimum Gasteiger partial charge on any atom is -0.368 e. The second kappa shape index (κ2) is 7.26. The predicted octanol–water partition coefficient (Wildman–Crippen LogP) is 2.14. The van der Waals surface area contributed by atoms with Crippen LogP contribution in [0.1, 0.15) is 42.0 Å². The van der Waals surface area contributed by atoms with Gasteiger partial charge in [0.25, 0.3) is 5.91 Å². The lowest BCUT2D eigenvalue weighted by Crippen LogP contribution is -2.44. The number of halogens is 1. The Balaban J connectivity index is 1.65. The zero-order chi connectivity index (χ0) is 19.0. The molecule has 1 fully saturated rings. The van der Waals surface area contributed by atoms with Crippen molar-refractivity contribution in [2.24, 2.45) is 0 Å². The number of fused-ring (bicyclic) bond motifs is 1. The molecule has 1 atom stereocenters. The first-order valence-electron chi connectivity index (χ1n) is 9.59. The van der Waals surface area contributed by atoms with Gasteiger partial charge in [0.2, 0.25) is 0 Å². The van der Waals surface area contributed by atoms with E-state index in [1.807, 2.05) is 11.6 Å². The number of carbonyl (C=O) groups excluding carboxylic acids is 1. The van der Waals surface area contributed by atoms with Gasteiger partial charge >= 0.3 is 0 Å². The van der Waals surface area contributed by atoms with Crippen LogP contribution in [0.5, 0.6) is 0 Å². The smallest absolute Gasteiger partial charge is 0.280 e. The summed E-state index contributed by atoms with van der Waals surface area (Å²) in [6, 6.07) is 4.84. The van der Waals surface area contributed by atoms with Crippen molar-refractivity contribution < 1.29 is 9.18 Å². The van der Waals surface area contributed by atoms with Gasteiger partial charge in [0.1, 0.15) is 5.82 Å². The summed E-state index contributed by atoms with van der Waals surface area (Å²) in [6.45, 7) is 7.84. The highest BCUT2D eigenvalue weighted by Gasteiger charge is 2.31. The number of rotatable bonds is 4. The standard InChI is InChI=1S/C19H25FN6O/c1-3-8-24-9-10-25(16-5-4-14(20)11-17(16)24)19(27)18-13(2)26(23-22-18)15-6-7-21-12-15/h4-5,11,15,21H,3,6-10,12H2,1-2H3. The van der Waals surface area contributed by atoms with Crippen molar-refractivity contribution in [3.05, 3.63) is 35.4 Å². The van der Waals surface area contributed by atoms with Crippen molar-refractivity contribution in [1.82, 2.24) is 20.3 Å². The summed E-state index contributed by atoms with van der Waals surface area (Å²) in [6.07, 6.45) is 1.95. The van der Waals surface area contributed by atoms with Gasteiger partial charge in [-0.2, -0.15) is 0 Å². The van der Waals surface area contributed by atoms with Crippen molar-refractivity contribution in [3.8, 4) is 0 Å². The maximum atomic E-state index is 13.8. The predicted molar refractivity (Wildman–Crippen MR) is 102 cm³/mol. The van der Waals surface area contributed by atoms with E-state index < -0.39 is 0 Å². The van der Waals surface area contributed by atoms with Crippen LogP contribution < -0.4 is 15.1 Å². The van der Waals surface area contributed by atoms with Crippen molar-refractivity contribution >= 4 is 17.3 Å². The Kier molecular flexibility index (Phi) is 4.82. The average Bonchev–Trinajstić information content (AvgIpc) is 3.31. The number of nitrogens with one attached hydrogen (secondary N) is 1. The van der Waals surface area contributed by atoms with Gasteiger partial charge in [-0.3, -0.25) is 4.79 Å². The van der Waals surface area contributed by atoms with E-state index in [4.69, 9.17) is 0 Å². The third kappa shape index (κ3) is 3.18. The monoisotopic (exact) mass is 372 g/mol. The van der Waals surface area contributed by atoms with Gasteiger partial charge in [-0.25, -0.2) is 9.07 Å². The summed E-state index contributed by atoms with van der Waals surface area (Å²) in [5.41, 5.74) is 2.66. The molecule has 0 aliphatic carbocycles. The fraction of sp³-hybridized carbons (Fsp3) is 0.526. The van der Waals surface area contributed by atoms with E-state index >= 15 is 0 Å². The van der Waals surface area contributed by atoms with Crippen LogP contribution in [-0.4, -0.2) is 53.6 Å². The van der Waals surface area contributed by atoms with E-state index in [0.29, 0.717) is 18.8 Å². The zero-order valence-corrected chi connectivity index (χ0v) is 15.8. The molecule has 144 valence electrons. The molecule has 1 amide bonds. The van der Waals surface area contributed by atoms with Gasteiger partial charge in [-0.1, -0.05) is 12.1 Å². The van der Waals surface area contributed by atoms with Gasteiger partial charge < -0.3 is 15.1 Å². The van der Waals surface area contributed by atoms with Gasteiger partial charge in [-0.05, 0) is 44.5 Å². The highest BCUT2D eigenvalue weighted by Crippen LogP contribution is 2.35. The van der Waals surface area contributed by atoms with Crippen LogP contribution in [0, 0.1) is 12.7 Å². The molecular weight excluding hydrogens is 347 g/mol. The Morgan fingerprint density at radius 3 is 2.93 bits per heavy atom. The number of anilines is 2. The molecule has 4 rings (SSSR count). The summed E-state index contributed by atoms with van der Waals surface area (Å²) in [5, 5.41) is 11.7. The first kappa shape index (κ1) is 17.9. The second-order valence-electron chi connectivity index (χ2n) is 7.19. The number of nitrogens with zero attached hydrogens (tertiary/aromatic N) is 5. The molecule has 27 heavy (non-hydrogen) atoms. The third-order valence-electron chi connectivity index (χ3n) is 5.41. The number of hydrogen-bond donors (Lipinski definition) is 1. The Morgan fingerprint density at radius 2 is 2.19 bits per heavy atom. The molecular formula is C19H25FN6O. The molecule has 1 saturated heterocycles. The van der Waals surface area contributed by atoms with Gasteiger partial charge in [0.05, 0.1) is 23.1 Å². The first-order chi connectivity index (χ1) is 13.1. The summed E-state index contributed by atoms with van der Waals surface area (Å²) in [5.74, 6) is -0.464. The normalized spacial score (nSPS) is 19.4. The molecule has 3 heterocycles. The van der Waals surface area contributed by atoms with Crippen molar-refractivity contribution in [2.45, 2.75) is 32.7 Å². The molecule has 1 unspecified atom stereocenters. The molecule has 0 spiro atoms. The lowest BCUT2D eigenvalue weighted by Gasteiger charge is -2.37. The minimum atomic E-state index is -0.292. The molecule has 0 radical (unpaired) electrons. The van der Waals surface area contributed by atoms with Crippen LogP contribution >= 0.6 is 0 Å². The minimum absolute atomic E-state index is 0.172. The van der Waals surface area contributed by atoms with Crippen LogP contribution in [0.15, 0.2) is 18.2 Å². The third-order valence-corrected chi connectivity index (χ3v) is 5.41. The first-order valence-corrected chi connectivity index (χ1v) is 9.59. The van der Waals surface area contributed by atoms with Crippen LogP contribution in [0.25, 0.3) is 0 Å². The molecule has 2 aromatic rings. The molecule has 2 aliphatic heterocycles. The SMILES string of the molecule is CCCN1CCN(C(=O)c2nnn(C3CCNC3)c2C)c2ccc(F)cc21. The van der Waals surface area contributed by atoms with E-state index in [-0.39, 0.29) is 17.8 Å². The highest BCUT2D eigenvalue weighted by molar-refractivity contribution is 6.07. The van der Waals surface area contributed by atoms with Crippen LogP contribution in [0.2, 0.25) is 0 Å². The quantitative estimate of drug-likeness (QED) is 0.891. The van der Waals surface area contributed by atoms with E-state index in [1.54, 1.807) is 11.0 Å². The average molecular weight is 372 g/mol. The number of hydrogen-bond acceptors (Lipinski definition) is 5. The summed E-state index contributed by atoms with van der Waals surface area (Å²) in [4.78, 5) is 17.1. The summed E-state index contributed by atoms with van der Waals surface area (Å²) in [7, 11) is 0. The van der Waals surface area contributed by atoms with Crippen molar-refractivity contribution in [1.29, 1.82) is 0 Å². The van der Waals surface area contributed by atoms with E-state index in [1.165, 1.54) is 12.1 Å². The highest BCUT2D eigenvalue weighted by atomic mass is 19.1. The number of aromatic nitrogens is 3. The summed E-state index contributed by atoms with van der Waals surface area (Å²) >= 11 is 0. The lowest BCUT2D eigenvalue weighted by atomic mass is 10.1. The van der Waals surface area contributed by atoms with Gasteiger partial charge in [0, 0.05) is 26.2 Å². The molecule has 1 N–H and O–H groups in total. The molecule has 0 bridgehead atoms. The molecule has 7 nitrogen and oxygen atoms in total. The largest absolute Gasteiger partial charge is 0.368 e. The zero-order valence-electron chi connectivity index (χ0n) is 15.8. The van der Waals surface area contributed by atoms with Crippen molar-refractivity contribution in [3.63, 3.8) is 0 Å². The number of benzene rings is 1. The molecule has 0 saturated carbocycles. The maximum Gasteiger partial charge on any atom is 0.280 e. The number of amides is 1. The fourth-order valence-corrected chi connectivity index (χ4v) is 4.01. The molecule has 8 heteroatoms. The fourth-order valence-electron chi connectivity index (χ4n) is 4.01. The van der Waals surface area contributed by atoms with Crippen LogP contribution in [0.4, 0.5) is 15.8 Å². The molecule has 1 aromatic carbocycles. The molecule has 1 aromatic heterocycles. The van der Waals surface area contributed by atoms with Gasteiger partial charge in [-0.15, -0.1) is 5.10 Å². The van der Waals surface area contributed by atoms with Crippen molar-refractivity contribution in [2.75, 3.05) is 42.5 Å². The Labute approximate surface area is 158 Å². The van der Waals surface area contributed by atoms with E-state index in [0.717, 1.165) is 49.5 Å². The van der Waals surface area contributed by atoms with E-state index in [2.05, 4.69) is 27.5 Å². The second-order valence-corrected chi connectivity index (χ2v) is 7.19. The topological polar surface area (TPSA) is 66.3 Å². The van der Waals surface area contributed by atoms with E-state index in [9.17, 15) is 9.18 Å². The lowest BCUT2D eigenvalue weighted by molar-refractivity contribution is 0.0981. The number of carbonyl (C=O) groups is 1. The van der Waals surface area contributed by atoms with Crippen LogP contribution in [-0.2, 0) is 0 Å².